The molecule has 56 valence electrons. The second kappa shape index (κ2) is 2.89. The number of hydrogen-bond acceptors (Lipinski definition) is 1. The van der Waals surface area contributed by atoms with Crippen molar-refractivity contribution < 1.29 is 0 Å². The molecule has 1 rings (SSSR count). The summed E-state index contributed by atoms with van der Waals surface area (Å²) in [6.45, 7) is 8.05. The zero-order valence-electron chi connectivity index (χ0n) is 6.40. The summed E-state index contributed by atoms with van der Waals surface area (Å²) in [5, 5.41) is 3.41. The van der Waals surface area contributed by atoms with E-state index >= 15 is 0 Å². The van der Waals surface area contributed by atoms with E-state index in [4.69, 9.17) is 0 Å². The van der Waals surface area contributed by atoms with Crippen LogP contribution in [0.4, 0.5) is 0 Å². The zero-order chi connectivity index (χ0) is 6.20. The highest BCUT2D eigenvalue weighted by atomic mass is 35.5. The van der Waals surface area contributed by atoms with Gasteiger partial charge in [-0.25, -0.2) is 0 Å². The van der Waals surface area contributed by atoms with Gasteiger partial charge in [-0.1, -0.05) is 13.8 Å². The fourth-order valence-corrected chi connectivity index (χ4v) is 1.42. The Bertz CT molecular complexity index is 90.9. The molecule has 0 saturated carbocycles. The molecule has 0 unspecified atom stereocenters. The summed E-state index contributed by atoms with van der Waals surface area (Å²) >= 11 is 0. The fraction of sp³-hybridized carbons (Fsp3) is 1.00. The SMILES string of the molecule is C[C@@H]1CC(C)(C)CN1.Cl. The summed E-state index contributed by atoms with van der Waals surface area (Å²) < 4.78 is 0. The molecule has 1 heterocycles. The van der Waals surface area contributed by atoms with Gasteiger partial charge < -0.3 is 5.32 Å². The van der Waals surface area contributed by atoms with E-state index in [1.807, 2.05) is 0 Å². The predicted molar refractivity (Wildman–Crippen MR) is 43.1 cm³/mol. The van der Waals surface area contributed by atoms with Crippen molar-refractivity contribution in [2.24, 2.45) is 5.41 Å². The van der Waals surface area contributed by atoms with Crippen LogP contribution in [-0.2, 0) is 0 Å². The van der Waals surface area contributed by atoms with Gasteiger partial charge in [0.1, 0.15) is 0 Å². The van der Waals surface area contributed by atoms with Gasteiger partial charge in [0.2, 0.25) is 0 Å². The van der Waals surface area contributed by atoms with Crippen molar-refractivity contribution in [1.29, 1.82) is 0 Å². The van der Waals surface area contributed by atoms with E-state index in [2.05, 4.69) is 26.1 Å². The monoisotopic (exact) mass is 149 g/mol. The Morgan fingerprint density at radius 2 is 2.00 bits per heavy atom. The molecule has 0 aromatic rings. The summed E-state index contributed by atoms with van der Waals surface area (Å²) in [7, 11) is 0. The topological polar surface area (TPSA) is 12.0 Å². The van der Waals surface area contributed by atoms with Crippen LogP contribution in [0.1, 0.15) is 27.2 Å². The quantitative estimate of drug-likeness (QED) is 0.554. The Labute approximate surface area is 63.6 Å². The lowest BCUT2D eigenvalue weighted by atomic mass is 9.91. The van der Waals surface area contributed by atoms with Crippen LogP contribution < -0.4 is 5.32 Å². The molecule has 0 aromatic heterocycles. The average molecular weight is 150 g/mol. The van der Waals surface area contributed by atoms with Gasteiger partial charge in [-0.2, -0.15) is 0 Å². The van der Waals surface area contributed by atoms with Gasteiger partial charge >= 0.3 is 0 Å². The minimum Gasteiger partial charge on any atom is -0.314 e. The van der Waals surface area contributed by atoms with Crippen molar-refractivity contribution in [3.8, 4) is 0 Å². The summed E-state index contributed by atoms with van der Waals surface area (Å²) in [6.07, 6.45) is 1.33. The predicted octanol–water partition coefficient (Wildman–Crippen LogP) is 1.82. The van der Waals surface area contributed by atoms with Gasteiger partial charge in [-0.05, 0) is 18.8 Å². The van der Waals surface area contributed by atoms with Crippen molar-refractivity contribution in [3.63, 3.8) is 0 Å². The van der Waals surface area contributed by atoms with E-state index in [9.17, 15) is 0 Å². The third kappa shape index (κ3) is 2.55. The molecule has 1 fully saturated rings. The molecule has 2 heteroatoms. The Hall–Kier alpha value is 0.250. The van der Waals surface area contributed by atoms with Gasteiger partial charge in [0.15, 0.2) is 0 Å². The molecule has 1 nitrogen and oxygen atoms in total. The van der Waals surface area contributed by atoms with Gasteiger partial charge in [0.05, 0.1) is 0 Å². The molecule has 0 amide bonds. The van der Waals surface area contributed by atoms with E-state index in [1.54, 1.807) is 0 Å². The normalized spacial score (nSPS) is 31.7. The third-order valence-electron chi connectivity index (χ3n) is 1.79. The first-order valence-electron chi connectivity index (χ1n) is 3.33. The van der Waals surface area contributed by atoms with Crippen LogP contribution in [0.5, 0.6) is 0 Å². The van der Waals surface area contributed by atoms with Gasteiger partial charge in [-0.15, -0.1) is 12.4 Å². The summed E-state index contributed by atoms with van der Waals surface area (Å²) in [4.78, 5) is 0. The number of rotatable bonds is 0. The maximum atomic E-state index is 3.41. The maximum Gasteiger partial charge on any atom is 0.00445 e. The van der Waals surface area contributed by atoms with Crippen LogP contribution in [0, 0.1) is 5.41 Å². The highest BCUT2D eigenvalue weighted by Crippen LogP contribution is 2.26. The minimum absolute atomic E-state index is 0. The molecule has 1 N–H and O–H groups in total. The lowest BCUT2D eigenvalue weighted by molar-refractivity contribution is 0.405. The van der Waals surface area contributed by atoms with Crippen LogP contribution >= 0.6 is 12.4 Å². The number of halogens is 1. The largest absolute Gasteiger partial charge is 0.314 e. The molecule has 1 atom stereocenters. The van der Waals surface area contributed by atoms with E-state index in [1.165, 1.54) is 13.0 Å². The van der Waals surface area contributed by atoms with Crippen molar-refractivity contribution in [3.05, 3.63) is 0 Å². The summed E-state index contributed by atoms with van der Waals surface area (Å²) in [5.41, 5.74) is 0.555. The molecule has 0 bridgehead atoms. The standard InChI is InChI=1S/C7H15N.ClH/c1-6-4-7(2,3)5-8-6;/h6,8H,4-5H2,1-3H3;1H/t6-;/m1./s1. The van der Waals surface area contributed by atoms with Gasteiger partial charge in [-0.3, -0.25) is 0 Å². The Kier molecular flexibility index (Phi) is 2.97. The van der Waals surface area contributed by atoms with E-state index in [-0.39, 0.29) is 12.4 Å². The smallest absolute Gasteiger partial charge is 0.00445 e. The second-order valence-corrected chi connectivity index (χ2v) is 3.65. The lowest BCUT2D eigenvalue weighted by Gasteiger charge is -2.13. The van der Waals surface area contributed by atoms with E-state index < -0.39 is 0 Å². The molecule has 0 radical (unpaired) electrons. The molecule has 0 aromatic carbocycles. The Morgan fingerprint density at radius 3 is 2.11 bits per heavy atom. The van der Waals surface area contributed by atoms with Crippen LogP contribution in [0.3, 0.4) is 0 Å². The lowest BCUT2D eigenvalue weighted by Crippen LogP contribution is -2.18. The van der Waals surface area contributed by atoms with Gasteiger partial charge in [0.25, 0.3) is 0 Å². The first-order valence-corrected chi connectivity index (χ1v) is 3.33. The molecule has 1 saturated heterocycles. The molecule has 1 aliphatic heterocycles. The van der Waals surface area contributed by atoms with E-state index in [0.29, 0.717) is 5.41 Å². The molecular formula is C7H16ClN. The Morgan fingerprint density at radius 1 is 1.44 bits per heavy atom. The van der Waals surface area contributed by atoms with E-state index in [0.717, 1.165) is 6.04 Å². The maximum absolute atomic E-state index is 3.41. The van der Waals surface area contributed by atoms with Crippen molar-refractivity contribution >= 4 is 12.4 Å². The van der Waals surface area contributed by atoms with Crippen molar-refractivity contribution in [2.45, 2.75) is 33.2 Å². The zero-order valence-corrected chi connectivity index (χ0v) is 7.22. The molecule has 1 aliphatic rings. The Balaban J connectivity index is 0.000000640. The average Bonchev–Trinajstić information content (AvgIpc) is 1.82. The first kappa shape index (κ1) is 9.25. The highest BCUT2D eigenvalue weighted by Gasteiger charge is 2.27. The second-order valence-electron chi connectivity index (χ2n) is 3.65. The van der Waals surface area contributed by atoms with Crippen molar-refractivity contribution in [2.75, 3.05) is 6.54 Å². The fourth-order valence-electron chi connectivity index (χ4n) is 1.42. The molecule has 0 aliphatic carbocycles. The highest BCUT2D eigenvalue weighted by molar-refractivity contribution is 5.85. The number of nitrogens with one attached hydrogen (secondary N) is 1. The minimum atomic E-state index is 0. The molecule has 0 spiro atoms. The van der Waals surface area contributed by atoms with Crippen LogP contribution in [0.2, 0.25) is 0 Å². The number of hydrogen-bond donors (Lipinski definition) is 1. The van der Waals surface area contributed by atoms with Crippen LogP contribution in [0.15, 0.2) is 0 Å². The third-order valence-corrected chi connectivity index (χ3v) is 1.79. The summed E-state index contributed by atoms with van der Waals surface area (Å²) in [6, 6.07) is 0.741. The first-order chi connectivity index (χ1) is 3.60. The summed E-state index contributed by atoms with van der Waals surface area (Å²) in [5.74, 6) is 0. The molecular weight excluding hydrogens is 134 g/mol. The van der Waals surface area contributed by atoms with Crippen molar-refractivity contribution in [1.82, 2.24) is 5.32 Å². The molecule has 9 heavy (non-hydrogen) atoms. The van der Waals surface area contributed by atoms with Gasteiger partial charge in [0, 0.05) is 12.6 Å². The van der Waals surface area contributed by atoms with Crippen LogP contribution in [0.25, 0.3) is 0 Å². The van der Waals surface area contributed by atoms with Crippen LogP contribution in [-0.4, -0.2) is 12.6 Å².